The second kappa shape index (κ2) is 5.50. The number of nitrogens with zero attached hydrogens (tertiary/aromatic N) is 3. The quantitative estimate of drug-likeness (QED) is 0.762. The normalized spacial score (nSPS) is 11.7. The Bertz CT molecular complexity index is 837. The molecular weight excluding hydrogens is 335 g/mol. The molecule has 0 saturated carbocycles. The lowest BCUT2D eigenvalue weighted by molar-refractivity contribution is -0.144. The van der Waals surface area contributed by atoms with Crippen molar-refractivity contribution in [1.82, 2.24) is 20.2 Å². The minimum Gasteiger partial charge on any atom is -0.462 e. The highest BCUT2D eigenvalue weighted by Gasteiger charge is 2.35. The summed E-state index contributed by atoms with van der Waals surface area (Å²) in [5, 5.41) is 7.68. The van der Waals surface area contributed by atoms with Gasteiger partial charge in [-0.3, -0.25) is 15.2 Å². The van der Waals surface area contributed by atoms with Crippen LogP contribution in [0.2, 0.25) is 0 Å². The number of amides is 1. The number of aryl methyl sites for hydroxylation is 1. The number of anilines is 1. The zero-order chi connectivity index (χ0) is 16.6. The highest BCUT2D eigenvalue weighted by Crippen LogP contribution is 2.29. The monoisotopic (exact) mass is 343 g/mol. The van der Waals surface area contributed by atoms with E-state index in [0.717, 1.165) is 0 Å². The fraction of sp³-hybridized carbons (Fsp3) is 0.167. The summed E-state index contributed by atoms with van der Waals surface area (Å²) in [7, 11) is 0. The van der Waals surface area contributed by atoms with Crippen molar-refractivity contribution in [3.63, 3.8) is 0 Å². The van der Waals surface area contributed by atoms with Gasteiger partial charge in [0.1, 0.15) is 5.69 Å². The number of aromatic amines is 1. The van der Waals surface area contributed by atoms with E-state index in [0.29, 0.717) is 15.6 Å². The Kier molecular flexibility index (Phi) is 3.64. The van der Waals surface area contributed by atoms with Crippen LogP contribution >= 0.6 is 11.3 Å². The maximum Gasteiger partial charge on any atom is 0.451 e. The van der Waals surface area contributed by atoms with Crippen LogP contribution in [0.25, 0.3) is 10.8 Å². The molecule has 0 bridgehead atoms. The molecule has 0 aliphatic heterocycles. The van der Waals surface area contributed by atoms with Crippen LogP contribution in [0.4, 0.5) is 19.1 Å². The van der Waals surface area contributed by atoms with E-state index in [9.17, 15) is 18.0 Å². The fourth-order valence-electron chi connectivity index (χ4n) is 1.72. The summed E-state index contributed by atoms with van der Waals surface area (Å²) in [5.41, 5.74) is 0.0692. The molecule has 0 atom stereocenters. The number of thiazole rings is 1. The first-order chi connectivity index (χ1) is 10.8. The fourth-order valence-corrected chi connectivity index (χ4v) is 2.60. The van der Waals surface area contributed by atoms with Crippen LogP contribution in [-0.4, -0.2) is 26.1 Å². The van der Waals surface area contributed by atoms with Gasteiger partial charge in [0.15, 0.2) is 10.8 Å². The second-order valence-corrected chi connectivity index (χ2v) is 5.56. The van der Waals surface area contributed by atoms with E-state index in [-0.39, 0.29) is 5.69 Å². The topological polar surface area (TPSA) is 96.7 Å². The van der Waals surface area contributed by atoms with Gasteiger partial charge >= 0.3 is 6.18 Å². The van der Waals surface area contributed by atoms with E-state index in [4.69, 9.17) is 4.42 Å². The van der Waals surface area contributed by atoms with Gasteiger partial charge in [-0.1, -0.05) is 0 Å². The Morgan fingerprint density at radius 2 is 2.17 bits per heavy atom. The molecule has 3 heterocycles. The molecule has 0 fully saturated rings. The Labute approximate surface area is 130 Å². The lowest BCUT2D eigenvalue weighted by Crippen LogP contribution is -2.15. The average molecular weight is 343 g/mol. The van der Waals surface area contributed by atoms with Crippen molar-refractivity contribution < 1.29 is 22.4 Å². The van der Waals surface area contributed by atoms with Crippen molar-refractivity contribution in [1.29, 1.82) is 0 Å². The summed E-state index contributed by atoms with van der Waals surface area (Å²) < 4.78 is 42.4. The maximum absolute atomic E-state index is 12.4. The van der Waals surface area contributed by atoms with Gasteiger partial charge in [-0.05, 0) is 19.1 Å². The third-order valence-electron chi connectivity index (χ3n) is 2.72. The van der Waals surface area contributed by atoms with E-state index in [1.807, 2.05) is 0 Å². The molecule has 0 aliphatic carbocycles. The van der Waals surface area contributed by atoms with Crippen molar-refractivity contribution in [2.45, 2.75) is 13.1 Å². The van der Waals surface area contributed by atoms with Crippen LogP contribution in [0.5, 0.6) is 0 Å². The summed E-state index contributed by atoms with van der Waals surface area (Å²) in [4.78, 5) is 20.0. The zero-order valence-corrected chi connectivity index (χ0v) is 12.2. The lowest BCUT2D eigenvalue weighted by Gasteiger charge is -1.99. The molecule has 0 aliphatic rings. The summed E-state index contributed by atoms with van der Waals surface area (Å²) in [6.45, 7) is 1.66. The van der Waals surface area contributed by atoms with E-state index in [2.05, 4.69) is 20.4 Å². The van der Waals surface area contributed by atoms with Gasteiger partial charge in [0.25, 0.3) is 5.91 Å². The highest BCUT2D eigenvalue weighted by molar-refractivity contribution is 7.15. The van der Waals surface area contributed by atoms with Crippen molar-refractivity contribution >= 4 is 23.2 Å². The van der Waals surface area contributed by atoms with Gasteiger partial charge in [-0.25, -0.2) is 4.98 Å². The zero-order valence-electron chi connectivity index (χ0n) is 11.4. The molecule has 0 saturated heterocycles. The molecule has 2 N–H and O–H groups in total. The summed E-state index contributed by atoms with van der Waals surface area (Å²) in [5.74, 6) is -1.98. The van der Waals surface area contributed by atoms with Crippen molar-refractivity contribution in [3.05, 3.63) is 34.8 Å². The molecule has 0 radical (unpaired) electrons. The number of alkyl halides is 3. The molecule has 120 valence electrons. The highest BCUT2D eigenvalue weighted by atomic mass is 32.1. The van der Waals surface area contributed by atoms with Crippen molar-refractivity contribution in [2.24, 2.45) is 0 Å². The Morgan fingerprint density at radius 1 is 1.39 bits per heavy atom. The van der Waals surface area contributed by atoms with Crippen molar-refractivity contribution in [2.75, 3.05) is 5.32 Å². The molecule has 0 spiro atoms. The molecule has 3 rings (SSSR count). The molecule has 23 heavy (non-hydrogen) atoms. The third-order valence-corrected chi connectivity index (χ3v) is 3.71. The number of rotatable bonds is 3. The SMILES string of the molecule is Cc1sc(-c2ccco2)nc1C(=O)Nc1n[nH]c(C(F)(F)F)n1. The van der Waals surface area contributed by atoms with Crippen LogP contribution in [0, 0.1) is 6.92 Å². The molecule has 3 aromatic rings. The first kappa shape index (κ1) is 15.2. The average Bonchev–Trinajstić information content (AvgIpc) is 3.15. The number of carbonyl (C=O) groups excluding carboxylic acids is 1. The van der Waals surface area contributed by atoms with E-state index < -0.39 is 23.9 Å². The smallest absolute Gasteiger partial charge is 0.451 e. The number of hydrogen-bond acceptors (Lipinski definition) is 6. The summed E-state index contributed by atoms with van der Waals surface area (Å²) in [6, 6.07) is 3.36. The number of nitrogens with one attached hydrogen (secondary N) is 2. The lowest BCUT2D eigenvalue weighted by atomic mass is 10.3. The molecule has 0 aromatic carbocycles. The second-order valence-electron chi connectivity index (χ2n) is 4.36. The Balaban J connectivity index is 1.80. The molecule has 1 amide bonds. The van der Waals surface area contributed by atoms with Gasteiger partial charge in [0.2, 0.25) is 11.8 Å². The van der Waals surface area contributed by atoms with Crippen LogP contribution in [0.15, 0.2) is 22.8 Å². The van der Waals surface area contributed by atoms with Gasteiger partial charge in [0, 0.05) is 4.88 Å². The van der Waals surface area contributed by atoms with Crippen LogP contribution < -0.4 is 5.32 Å². The molecule has 0 unspecified atom stereocenters. The van der Waals surface area contributed by atoms with Crippen LogP contribution in [0.3, 0.4) is 0 Å². The van der Waals surface area contributed by atoms with Crippen LogP contribution in [0.1, 0.15) is 21.2 Å². The van der Waals surface area contributed by atoms with E-state index >= 15 is 0 Å². The minimum absolute atomic E-state index is 0.0692. The maximum atomic E-state index is 12.4. The molecule has 11 heteroatoms. The largest absolute Gasteiger partial charge is 0.462 e. The number of halogens is 3. The van der Waals surface area contributed by atoms with Gasteiger partial charge in [0.05, 0.1) is 6.26 Å². The Hall–Kier alpha value is -2.69. The third kappa shape index (κ3) is 3.08. The van der Waals surface area contributed by atoms with Crippen molar-refractivity contribution in [3.8, 4) is 10.8 Å². The predicted octanol–water partition coefficient (Wildman–Crippen LogP) is 3.10. The molecule has 3 aromatic heterocycles. The predicted molar refractivity (Wildman–Crippen MR) is 73.9 cm³/mol. The van der Waals surface area contributed by atoms with E-state index in [1.165, 1.54) is 17.6 Å². The molecule has 7 nitrogen and oxygen atoms in total. The van der Waals surface area contributed by atoms with Gasteiger partial charge in [-0.15, -0.1) is 16.4 Å². The first-order valence-electron chi connectivity index (χ1n) is 6.17. The number of furan rings is 1. The minimum atomic E-state index is -4.67. The summed E-state index contributed by atoms with van der Waals surface area (Å²) in [6.07, 6.45) is -3.20. The number of H-pyrrole nitrogens is 1. The number of aromatic nitrogens is 4. The summed E-state index contributed by atoms with van der Waals surface area (Å²) >= 11 is 1.23. The van der Waals surface area contributed by atoms with E-state index in [1.54, 1.807) is 24.2 Å². The molecular formula is C12H8F3N5O2S. The Morgan fingerprint density at radius 3 is 2.78 bits per heavy atom. The van der Waals surface area contributed by atoms with Gasteiger partial charge in [-0.2, -0.15) is 18.2 Å². The number of carbonyl (C=O) groups is 1. The van der Waals surface area contributed by atoms with Gasteiger partial charge < -0.3 is 4.42 Å². The standard InChI is InChI=1S/C12H8F3N5O2S/c1-5-7(16-9(23-5)6-3-2-4-22-6)8(21)17-11-18-10(19-20-11)12(13,14)15/h2-4H,1H3,(H2,17,18,19,20,21). The van der Waals surface area contributed by atoms with Crippen LogP contribution in [-0.2, 0) is 6.18 Å². The number of hydrogen-bond donors (Lipinski definition) is 2. The first-order valence-corrected chi connectivity index (χ1v) is 6.98.